The van der Waals surface area contributed by atoms with Crippen LogP contribution in [0.15, 0.2) is 30.3 Å². The molecule has 0 radical (unpaired) electrons. The number of aromatic carboxylic acids is 1. The summed E-state index contributed by atoms with van der Waals surface area (Å²) < 4.78 is 20.5. The Morgan fingerprint density at radius 3 is 2.76 bits per heavy atom. The van der Waals surface area contributed by atoms with Crippen LogP contribution >= 0.6 is 0 Å². The van der Waals surface area contributed by atoms with Crippen LogP contribution in [0.2, 0.25) is 0 Å². The van der Waals surface area contributed by atoms with Gasteiger partial charge in [0.2, 0.25) is 0 Å². The van der Waals surface area contributed by atoms with Crippen LogP contribution in [0.5, 0.6) is 5.75 Å². The quantitative estimate of drug-likeness (QED) is 0.750. The number of hydrogen-bond acceptors (Lipinski definition) is 5. The minimum Gasteiger partial charge on any atom is -0.492 e. The summed E-state index contributed by atoms with van der Waals surface area (Å²) in [4.78, 5) is 23.7. The Hall–Kier alpha value is -3.49. The summed E-state index contributed by atoms with van der Waals surface area (Å²) in [6.07, 6.45) is 0. The molecule has 2 aromatic carbocycles. The van der Waals surface area contributed by atoms with Gasteiger partial charge in [0.05, 0.1) is 29.4 Å². The molecule has 25 heavy (non-hydrogen) atoms. The first-order chi connectivity index (χ1) is 11.9. The molecule has 3 aromatic rings. The van der Waals surface area contributed by atoms with Crippen LogP contribution in [0.25, 0.3) is 11.0 Å². The molecule has 0 unspecified atom stereocenters. The van der Waals surface area contributed by atoms with E-state index >= 15 is 0 Å². The van der Waals surface area contributed by atoms with Crippen molar-refractivity contribution in [3.63, 3.8) is 0 Å². The maximum Gasteiger partial charge on any atom is 0.335 e. The number of rotatable bonds is 4. The highest BCUT2D eigenvalue weighted by molar-refractivity contribution is 6.12. The Morgan fingerprint density at radius 1 is 1.32 bits per heavy atom. The van der Waals surface area contributed by atoms with Gasteiger partial charge >= 0.3 is 5.97 Å². The van der Waals surface area contributed by atoms with Crippen LogP contribution < -0.4 is 10.1 Å². The van der Waals surface area contributed by atoms with Crippen molar-refractivity contribution in [2.45, 2.75) is 0 Å². The van der Waals surface area contributed by atoms with E-state index in [9.17, 15) is 14.0 Å². The Bertz CT molecular complexity index is 999. The van der Waals surface area contributed by atoms with Gasteiger partial charge in [-0.05, 0) is 24.3 Å². The first kappa shape index (κ1) is 16.4. The molecule has 1 amide bonds. The number of carboxylic acids is 1. The first-order valence-electron chi connectivity index (χ1n) is 7.13. The lowest BCUT2D eigenvalue weighted by atomic mass is 10.1. The fraction of sp³-hybridized carbons (Fsp3) is 0.125. The molecule has 0 aliphatic heterocycles. The van der Waals surface area contributed by atoms with Crippen molar-refractivity contribution < 1.29 is 23.8 Å². The van der Waals surface area contributed by atoms with E-state index < -0.39 is 17.7 Å². The molecule has 0 bridgehead atoms. The highest BCUT2D eigenvalue weighted by Gasteiger charge is 2.19. The van der Waals surface area contributed by atoms with Crippen molar-refractivity contribution in [2.75, 3.05) is 12.4 Å². The van der Waals surface area contributed by atoms with E-state index in [0.29, 0.717) is 11.0 Å². The van der Waals surface area contributed by atoms with Crippen molar-refractivity contribution >= 4 is 28.6 Å². The van der Waals surface area contributed by atoms with Gasteiger partial charge in [-0.15, -0.1) is 5.10 Å². The van der Waals surface area contributed by atoms with Crippen molar-refractivity contribution in [3.8, 4) is 5.75 Å². The van der Waals surface area contributed by atoms with Crippen molar-refractivity contribution in [1.29, 1.82) is 0 Å². The topological polar surface area (TPSA) is 106 Å². The second-order valence-electron chi connectivity index (χ2n) is 5.18. The van der Waals surface area contributed by atoms with Gasteiger partial charge in [-0.2, -0.15) is 0 Å². The lowest BCUT2D eigenvalue weighted by Crippen LogP contribution is -2.14. The molecule has 1 aromatic heterocycles. The van der Waals surface area contributed by atoms with Crippen LogP contribution in [0, 0.1) is 5.82 Å². The summed E-state index contributed by atoms with van der Waals surface area (Å²) in [5.41, 5.74) is 0.826. The van der Waals surface area contributed by atoms with Gasteiger partial charge in [0.1, 0.15) is 5.52 Å². The summed E-state index contributed by atoms with van der Waals surface area (Å²) in [6, 6.07) is 6.89. The number of carbonyl (C=O) groups excluding carboxylic acids is 1. The fourth-order valence-corrected chi connectivity index (χ4v) is 2.45. The number of carboxylic acid groups (broad SMARTS) is 1. The number of carbonyl (C=O) groups is 2. The Morgan fingerprint density at radius 2 is 2.08 bits per heavy atom. The average Bonchev–Trinajstić information content (AvgIpc) is 2.96. The number of methoxy groups -OCH3 is 1. The monoisotopic (exact) mass is 344 g/mol. The molecule has 0 fully saturated rings. The summed E-state index contributed by atoms with van der Waals surface area (Å²) in [5, 5.41) is 19.3. The van der Waals surface area contributed by atoms with Crippen LogP contribution in [0.3, 0.4) is 0 Å². The number of aromatic nitrogens is 3. The third-order valence-corrected chi connectivity index (χ3v) is 3.63. The number of hydrogen-bond donors (Lipinski definition) is 2. The number of aryl methyl sites for hydroxylation is 1. The van der Waals surface area contributed by atoms with Gasteiger partial charge in [0.25, 0.3) is 5.91 Å². The van der Waals surface area contributed by atoms with Gasteiger partial charge in [-0.1, -0.05) is 11.3 Å². The zero-order valence-corrected chi connectivity index (χ0v) is 13.3. The Balaban J connectivity index is 2.04. The highest BCUT2D eigenvalue weighted by Crippen LogP contribution is 2.30. The highest BCUT2D eigenvalue weighted by atomic mass is 19.1. The Labute approximate surface area is 140 Å². The minimum absolute atomic E-state index is 0.0919. The molecule has 128 valence electrons. The molecule has 0 atom stereocenters. The average molecular weight is 344 g/mol. The van der Waals surface area contributed by atoms with E-state index in [-0.39, 0.29) is 22.6 Å². The molecule has 0 aliphatic rings. The van der Waals surface area contributed by atoms with Gasteiger partial charge < -0.3 is 15.2 Å². The fourth-order valence-electron chi connectivity index (χ4n) is 2.45. The molecule has 3 rings (SSSR count). The van der Waals surface area contributed by atoms with Gasteiger partial charge in [0, 0.05) is 7.05 Å². The molecule has 0 saturated heterocycles. The largest absolute Gasteiger partial charge is 0.492 e. The van der Waals surface area contributed by atoms with E-state index in [0.717, 1.165) is 12.1 Å². The molecule has 1 heterocycles. The van der Waals surface area contributed by atoms with E-state index in [2.05, 4.69) is 15.6 Å². The predicted octanol–water partition coefficient (Wildman–Crippen LogP) is 2.07. The molecular formula is C16H13FN4O4. The second-order valence-corrected chi connectivity index (χ2v) is 5.18. The summed E-state index contributed by atoms with van der Waals surface area (Å²) in [6.45, 7) is 0. The summed E-state index contributed by atoms with van der Waals surface area (Å²) >= 11 is 0. The lowest BCUT2D eigenvalue weighted by Gasteiger charge is -2.12. The van der Waals surface area contributed by atoms with Gasteiger partial charge in [-0.3, -0.25) is 4.79 Å². The summed E-state index contributed by atoms with van der Waals surface area (Å²) in [7, 11) is 2.91. The number of nitrogens with one attached hydrogen (secondary N) is 1. The molecule has 0 aliphatic carbocycles. The second kappa shape index (κ2) is 6.19. The number of halogens is 1. The number of fused-ring (bicyclic) bond motifs is 1. The van der Waals surface area contributed by atoms with Crippen LogP contribution in [0.1, 0.15) is 20.7 Å². The first-order valence-corrected chi connectivity index (χ1v) is 7.13. The lowest BCUT2D eigenvalue weighted by molar-refractivity contribution is 0.0696. The van der Waals surface area contributed by atoms with Crippen molar-refractivity contribution in [2.24, 2.45) is 7.05 Å². The molecule has 8 nitrogen and oxygen atoms in total. The van der Waals surface area contributed by atoms with Gasteiger partial charge in [-0.25, -0.2) is 13.9 Å². The van der Waals surface area contributed by atoms with E-state index in [1.165, 1.54) is 17.9 Å². The van der Waals surface area contributed by atoms with E-state index in [1.54, 1.807) is 19.2 Å². The molecule has 0 spiro atoms. The predicted molar refractivity (Wildman–Crippen MR) is 86.4 cm³/mol. The van der Waals surface area contributed by atoms with E-state index in [1.807, 2.05) is 0 Å². The third kappa shape index (κ3) is 2.87. The van der Waals surface area contributed by atoms with Crippen LogP contribution in [0.4, 0.5) is 10.1 Å². The standard InChI is InChI=1S/C16H13FN4O4/c1-21-12-5-3-4-9(13(12)19-20-21)15(22)18-11-7-8(16(23)24)6-10(17)14(11)25-2/h3-7H,1-2H3,(H,18,22)(H,23,24). The van der Waals surface area contributed by atoms with Crippen molar-refractivity contribution in [1.82, 2.24) is 15.0 Å². The SMILES string of the molecule is COc1c(F)cc(C(=O)O)cc1NC(=O)c1cccc2c1nnn2C. The smallest absolute Gasteiger partial charge is 0.335 e. The minimum atomic E-state index is -1.33. The maximum absolute atomic E-state index is 14.0. The number of nitrogens with zero attached hydrogens (tertiary/aromatic N) is 3. The molecule has 2 N–H and O–H groups in total. The summed E-state index contributed by atoms with van der Waals surface area (Å²) in [5.74, 6) is -3.07. The van der Waals surface area contributed by atoms with Crippen molar-refractivity contribution in [3.05, 3.63) is 47.3 Å². The molecular weight excluding hydrogens is 331 g/mol. The molecule has 0 saturated carbocycles. The normalized spacial score (nSPS) is 10.7. The maximum atomic E-state index is 14.0. The Kier molecular flexibility index (Phi) is 4.05. The van der Waals surface area contributed by atoms with Gasteiger partial charge in [0.15, 0.2) is 11.6 Å². The third-order valence-electron chi connectivity index (χ3n) is 3.63. The molecule has 9 heteroatoms. The number of amides is 1. The number of anilines is 1. The zero-order chi connectivity index (χ0) is 18.1. The number of ether oxygens (including phenoxy) is 1. The van der Waals surface area contributed by atoms with Crippen LogP contribution in [-0.2, 0) is 7.05 Å². The number of benzene rings is 2. The zero-order valence-electron chi connectivity index (χ0n) is 13.3. The van der Waals surface area contributed by atoms with E-state index in [4.69, 9.17) is 9.84 Å². The van der Waals surface area contributed by atoms with Crippen LogP contribution in [-0.4, -0.2) is 39.1 Å².